The molecule has 0 radical (unpaired) electrons. The van der Waals surface area contributed by atoms with Gasteiger partial charge in [-0.25, -0.2) is 0 Å². The van der Waals surface area contributed by atoms with Crippen LogP contribution in [0.5, 0.6) is 11.5 Å². The van der Waals surface area contributed by atoms with Crippen molar-refractivity contribution in [2.75, 3.05) is 0 Å². The minimum atomic E-state index is -0.479. The van der Waals surface area contributed by atoms with Gasteiger partial charge in [-0.2, -0.15) is 0 Å². The van der Waals surface area contributed by atoms with Gasteiger partial charge in [-0.1, -0.05) is 32.4 Å². The highest BCUT2D eigenvalue weighted by molar-refractivity contribution is 5.84. The van der Waals surface area contributed by atoms with E-state index >= 15 is 0 Å². The quantitative estimate of drug-likeness (QED) is 0.282. The van der Waals surface area contributed by atoms with Crippen LogP contribution in [0.1, 0.15) is 81.8 Å². The molecule has 5 nitrogen and oxygen atoms in total. The molecule has 1 saturated carbocycles. The lowest BCUT2D eigenvalue weighted by Crippen LogP contribution is -2.41. The van der Waals surface area contributed by atoms with Crippen LogP contribution in [0.4, 0.5) is 0 Å². The first kappa shape index (κ1) is 23.8. The predicted molar refractivity (Wildman–Crippen MR) is 117 cm³/mol. The van der Waals surface area contributed by atoms with Crippen LogP contribution in [0.3, 0.4) is 0 Å². The number of esters is 1. The molecule has 3 unspecified atom stereocenters. The second kappa shape index (κ2) is 9.59. The van der Waals surface area contributed by atoms with Crippen LogP contribution in [-0.4, -0.2) is 23.1 Å². The summed E-state index contributed by atoms with van der Waals surface area (Å²) >= 11 is 0. The molecule has 1 aliphatic rings. The number of carbonyl (C=O) groups excluding carboxylic acids is 3. The van der Waals surface area contributed by atoms with Gasteiger partial charge in [0.15, 0.2) is 6.29 Å². The van der Waals surface area contributed by atoms with Crippen molar-refractivity contribution >= 4 is 18.0 Å². The first-order valence-corrected chi connectivity index (χ1v) is 10.7. The van der Waals surface area contributed by atoms with Gasteiger partial charge in [0.2, 0.25) is 0 Å². The van der Waals surface area contributed by atoms with Crippen LogP contribution < -0.4 is 4.74 Å². The number of rotatable bonds is 7. The Kier molecular flexibility index (Phi) is 7.62. The van der Waals surface area contributed by atoms with E-state index in [4.69, 9.17) is 4.74 Å². The Morgan fingerprint density at radius 3 is 2.60 bits per heavy atom. The third-order valence-electron chi connectivity index (χ3n) is 7.12. The summed E-state index contributed by atoms with van der Waals surface area (Å²) < 4.78 is 5.27. The molecule has 5 heteroatoms. The molecule has 1 fully saturated rings. The first-order chi connectivity index (χ1) is 14.0. The Morgan fingerprint density at radius 1 is 1.33 bits per heavy atom. The standard InChI is InChI=1S/C25H34O5/c1-15(11-12-25(6)17(3)8-10-22(28)18(25)4)7-9-20-23(30-19(5)27)13-16(2)21(14-26)24(20)29/h7,13-14,17-18,29H,8-12H2,1-6H3/b15-7+. The van der Waals surface area contributed by atoms with E-state index in [0.717, 1.165) is 24.8 Å². The molecule has 164 valence electrons. The summed E-state index contributed by atoms with van der Waals surface area (Å²) in [5.41, 5.74) is 2.31. The molecule has 0 amide bonds. The zero-order chi connectivity index (χ0) is 22.6. The second-order valence-corrected chi connectivity index (χ2v) is 9.03. The zero-order valence-corrected chi connectivity index (χ0v) is 19.0. The minimum Gasteiger partial charge on any atom is -0.507 e. The lowest BCUT2D eigenvalue weighted by atomic mass is 9.59. The summed E-state index contributed by atoms with van der Waals surface area (Å²) in [4.78, 5) is 35.1. The summed E-state index contributed by atoms with van der Waals surface area (Å²) in [5.74, 6) is 0.559. The number of Topliss-reactive ketones (excluding diaryl/α,β-unsaturated/α-hetero) is 1. The van der Waals surface area contributed by atoms with E-state index in [1.54, 1.807) is 13.0 Å². The van der Waals surface area contributed by atoms with Crippen LogP contribution >= 0.6 is 0 Å². The maximum atomic E-state index is 12.2. The van der Waals surface area contributed by atoms with Crippen molar-refractivity contribution in [2.45, 2.75) is 73.6 Å². The van der Waals surface area contributed by atoms with Gasteiger partial charge in [-0.15, -0.1) is 0 Å². The Balaban J connectivity index is 2.21. The molecule has 0 saturated heterocycles. The van der Waals surface area contributed by atoms with Gasteiger partial charge in [-0.05, 0) is 62.5 Å². The molecule has 0 bridgehead atoms. The van der Waals surface area contributed by atoms with Crippen LogP contribution in [0, 0.1) is 24.2 Å². The largest absolute Gasteiger partial charge is 0.507 e. The SMILES string of the molecule is CC(=O)Oc1cc(C)c(C=O)c(O)c1C/C=C(\C)CCC1(C)C(C)CCC(=O)C1C. The molecule has 2 rings (SSSR count). The summed E-state index contributed by atoms with van der Waals surface area (Å²) in [6.45, 7) is 11.5. The Labute approximate surface area is 179 Å². The summed E-state index contributed by atoms with van der Waals surface area (Å²) in [6, 6.07) is 1.61. The molecule has 0 heterocycles. The number of aromatic hydroxyl groups is 1. The van der Waals surface area contributed by atoms with E-state index in [0.29, 0.717) is 42.0 Å². The highest BCUT2D eigenvalue weighted by Gasteiger charge is 2.42. The Bertz CT molecular complexity index is 867. The van der Waals surface area contributed by atoms with Gasteiger partial charge >= 0.3 is 5.97 Å². The molecule has 0 aromatic heterocycles. The Hall–Kier alpha value is -2.43. The number of allylic oxidation sites excluding steroid dienone is 2. The van der Waals surface area contributed by atoms with E-state index in [1.807, 2.05) is 19.9 Å². The number of hydrogen-bond donors (Lipinski definition) is 1. The third kappa shape index (κ3) is 5.00. The van der Waals surface area contributed by atoms with Crippen molar-refractivity contribution < 1.29 is 24.2 Å². The van der Waals surface area contributed by atoms with Crippen molar-refractivity contribution in [2.24, 2.45) is 17.3 Å². The van der Waals surface area contributed by atoms with Crippen molar-refractivity contribution in [1.29, 1.82) is 0 Å². The van der Waals surface area contributed by atoms with E-state index in [2.05, 4.69) is 13.8 Å². The summed E-state index contributed by atoms with van der Waals surface area (Å²) in [6.07, 6.45) is 6.34. The molecular weight excluding hydrogens is 380 g/mol. The van der Waals surface area contributed by atoms with E-state index in [1.165, 1.54) is 6.92 Å². The maximum absolute atomic E-state index is 12.2. The normalized spacial score (nSPS) is 24.6. The van der Waals surface area contributed by atoms with Crippen LogP contribution in [-0.2, 0) is 16.0 Å². The average Bonchev–Trinajstić information content (AvgIpc) is 2.67. The van der Waals surface area contributed by atoms with Crippen LogP contribution in [0.15, 0.2) is 17.7 Å². The average molecular weight is 415 g/mol. The highest BCUT2D eigenvalue weighted by atomic mass is 16.5. The van der Waals surface area contributed by atoms with Crippen LogP contribution in [0.25, 0.3) is 0 Å². The van der Waals surface area contributed by atoms with Gasteiger partial charge < -0.3 is 9.84 Å². The van der Waals surface area contributed by atoms with Crippen molar-refractivity contribution in [1.82, 2.24) is 0 Å². The van der Waals surface area contributed by atoms with E-state index in [-0.39, 0.29) is 28.4 Å². The molecular formula is C25H34O5. The molecule has 1 N–H and O–H groups in total. The van der Waals surface area contributed by atoms with Gasteiger partial charge in [0, 0.05) is 24.8 Å². The van der Waals surface area contributed by atoms with E-state index in [9.17, 15) is 19.5 Å². The van der Waals surface area contributed by atoms with Crippen molar-refractivity contribution in [3.8, 4) is 11.5 Å². The van der Waals surface area contributed by atoms with Crippen LogP contribution in [0.2, 0.25) is 0 Å². The van der Waals surface area contributed by atoms with Gasteiger partial charge in [0.1, 0.15) is 17.3 Å². The van der Waals surface area contributed by atoms with Crippen molar-refractivity contribution in [3.63, 3.8) is 0 Å². The number of phenols is 1. The Morgan fingerprint density at radius 2 is 2.00 bits per heavy atom. The fourth-order valence-electron chi connectivity index (χ4n) is 4.43. The van der Waals surface area contributed by atoms with Crippen molar-refractivity contribution in [3.05, 3.63) is 34.4 Å². The van der Waals surface area contributed by atoms with Gasteiger partial charge in [-0.3, -0.25) is 14.4 Å². The first-order valence-electron chi connectivity index (χ1n) is 10.7. The van der Waals surface area contributed by atoms with E-state index < -0.39 is 5.97 Å². The van der Waals surface area contributed by atoms with Gasteiger partial charge in [0.25, 0.3) is 0 Å². The second-order valence-electron chi connectivity index (χ2n) is 9.03. The summed E-state index contributed by atoms with van der Waals surface area (Å²) in [7, 11) is 0. The van der Waals surface area contributed by atoms with Gasteiger partial charge in [0.05, 0.1) is 5.56 Å². The molecule has 1 aromatic rings. The number of ether oxygens (including phenoxy) is 1. The topological polar surface area (TPSA) is 80.7 Å². The summed E-state index contributed by atoms with van der Waals surface area (Å²) in [5, 5.41) is 10.6. The number of aldehydes is 1. The zero-order valence-electron chi connectivity index (χ0n) is 19.0. The number of aryl methyl sites for hydroxylation is 1. The molecule has 1 aliphatic carbocycles. The predicted octanol–water partition coefficient (Wildman–Crippen LogP) is 5.35. The lowest BCUT2D eigenvalue weighted by molar-refractivity contribution is -0.133. The smallest absolute Gasteiger partial charge is 0.308 e. The minimum absolute atomic E-state index is 0.0238. The monoisotopic (exact) mass is 414 g/mol. The molecule has 0 aliphatic heterocycles. The third-order valence-corrected chi connectivity index (χ3v) is 7.12. The lowest BCUT2D eigenvalue weighted by Gasteiger charge is -2.44. The molecule has 3 atom stereocenters. The highest BCUT2D eigenvalue weighted by Crippen LogP contribution is 2.47. The molecule has 0 spiro atoms. The maximum Gasteiger partial charge on any atom is 0.308 e. The molecule has 1 aromatic carbocycles. The number of carbonyl (C=O) groups is 3. The fraction of sp³-hybridized carbons (Fsp3) is 0.560. The number of benzene rings is 1. The number of ketones is 1. The number of phenolic OH excluding ortho intramolecular Hbond substituents is 1. The molecule has 30 heavy (non-hydrogen) atoms. The number of hydrogen-bond acceptors (Lipinski definition) is 5. The fourth-order valence-corrected chi connectivity index (χ4v) is 4.43.